The van der Waals surface area contributed by atoms with Gasteiger partial charge in [-0.2, -0.15) is 0 Å². The van der Waals surface area contributed by atoms with Crippen molar-refractivity contribution in [2.24, 2.45) is 0 Å². The number of amides is 1. The number of esters is 4. The predicted octanol–water partition coefficient (Wildman–Crippen LogP) is -1.73. The van der Waals surface area contributed by atoms with Gasteiger partial charge in [0.15, 0.2) is 12.2 Å². The Kier molecular flexibility index (Phi) is 10.6. The van der Waals surface area contributed by atoms with Crippen molar-refractivity contribution in [3.05, 3.63) is 0 Å². The SMILES string of the molecule is COC(=O)[C@]1(O)C[C@@H](N2CCOCC2)[C@@H](NC(C)=O)[C@@H]([C@@H](OC(C)=O)[C@@H](COC(C)=O)OC(C)=O)O1. The molecule has 0 bridgehead atoms. The number of morpholine rings is 1. The molecule has 204 valence electrons. The molecule has 0 aromatic carbocycles. The van der Waals surface area contributed by atoms with Gasteiger partial charge in [0.05, 0.1) is 26.4 Å². The van der Waals surface area contributed by atoms with Crippen LogP contribution in [0.3, 0.4) is 0 Å². The van der Waals surface area contributed by atoms with E-state index >= 15 is 0 Å². The lowest BCUT2D eigenvalue weighted by molar-refractivity contribution is -0.294. The maximum absolute atomic E-state index is 12.6. The molecule has 0 saturated carbocycles. The minimum absolute atomic E-state index is 0.296. The Morgan fingerprint density at radius 1 is 1.03 bits per heavy atom. The van der Waals surface area contributed by atoms with Crippen LogP contribution >= 0.6 is 0 Å². The molecule has 0 aliphatic carbocycles. The molecule has 14 nitrogen and oxygen atoms in total. The van der Waals surface area contributed by atoms with Gasteiger partial charge in [-0.05, 0) is 0 Å². The Labute approximate surface area is 208 Å². The van der Waals surface area contributed by atoms with Crippen molar-refractivity contribution in [3.8, 4) is 0 Å². The molecule has 2 N–H and O–H groups in total. The molecule has 0 spiro atoms. The zero-order valence-electron chi connectivity index (χ0n) is 21.0. The van der Waals surface area contributed by atoms with Gasteiger partial charge in [0.1, 0.15) is 12.7 Å². The van der Waals surface area contributed by atoms with Crippen LogP contribution in [0.5, 0.6) is 0 Å². The van der Waals surface area contributed by atoms with Crippen LogP contribution < -0.4 is 5.32 Å². The Balaban J connectivity index is 2.61. The normalized spacial score (nSPS) is 28.2. The van der Waals surface area contributed by atoms with Crippen LogP contribution in [0.15, 0.2) is 0 Å². The van der Waals surface area contributed by atoms with Crippen LogP contribution in [0.25, 0.3) is 0 Å². The van der Waals surface area contributed by atoms with E-state index in [9.17, 15) is 29.1 Å². The standard InChI is InChI=1S/C22H34N2O12/c1-12(25)23-18-16(24-6-8-32-9-7-24)10-22(30,21(29)31-5)36-20(18)19(35-15(4)28)17(34-14(3)27)11-33-13(2)26/h16-20,30H,6-11H2,1-5H3,(H,23,25)/t16-,17-,18-,19+,20+,22+/m1/s1. The van der Waals surface area contributed by atoms with Gasteiger partial charge in [0.25, 0.3) is 5.79 Å². The van der Waals surface area contributed by atoms with E-state index in [1.165, 1.54) is 6.92 Å². The minimum Gasteiger partial charge on any atom is -0.465 e. The highest BCUT2D eigenvalue weighted by Gasteiger charge is 2.57. The Hall–Kier alpha value is -2.81. The third kappa shape index (κ3) is 7.85. The topological polar surface area (TPSA) is 176 Å². The summed E-state index contributed by atoms with van der Waals surface area (Å²) in [5.41, 5.74) is 0. The summed E-state index contributed by atoms with van der Waals surface area (Å²) in [6.07, 6.45) is -4.65. The second kappa shape index (κ2) is 12.9. The maximum atomic E-state index is 12.6. The monoisotopic (exact) mass is 518 g/mol. The number of hydrogen-bond donors (Lipinski definition) is 2. The first-order chi connectivity index (χ1) is 16.9. The molecular weight excluding hydrogens is 484 g/mol. The van der Waals surface area contributed by atoms with Gasteiger partial charge in [-0.3, -0.25) is 24.1 Å². The molecule has 2 saturated heterocycles. The second-order valence-corrected chi connectivity index (χ2v) is 8.53. The number of rotatable bonds is 9. The van der Waals surface area contributed by atoms with E-state index in [4.69, 9.17) is 28.4 Å². The van der Waals surface area contributed by atoms with Crippen molar-refractivity contribution in [3.63, 3.8) is 0 Å². The molecule has 2 rings (SSSR count). The highest BCUT2D eigenvalue weighted by atomic mass is 16.7. The molecule has 2 fully saturated rings. The number of nitrogens with zero attached hydrogens (tertiary/aromatic N) is 1. The first-order valence-corrected chi connectivity index (χ1v) is 11.4. The van der Waals surface area contributed by atoms with Crippen molar-refractivity contribution >= 4 is 29.8 Å². The molecule has 2 aliphatic heterocycles. The van der Waals surface area contributed by atoms with Crippen molar-refractivity contribution in [1.82, 2.24) is 10.2 Å². The molecule has 0 radical (unpaired) electrons. The molecular formula is C22H34N2O12. The number of hydrogen-bond acceptors (Lipinski definition) is 13. The third-order valence-corrected chi connectivity index (χ3v) is 5.73. The van der Waals surface area contributed by atoms with Crippen LogP contribution in [0.1, 0.15) is 34.1 Å². The van der Waals surface area contributed by atoms with Crippen molar-refractivity contribution < 1.29 is 57.5 Å². The summed E-state index contributed by atoms with van der Waals surface area (Å²) >= 11 is 0. The van der Waals surface area contributed by atoms with Crippen LogP contribution in [0.2, 0.25) is 0 Å². The number of carbonyl (C=O) groups is 5. The fraction of sp³-hybridized carbons (Fsp3) is 0.773. The van der Waals surface area contributed by atoms with Gasteiger partial charge in [-0.15, -0.1) is 0 Å². The lowest BCUT2D eigenvalue weighted by Gasteiger charge is -2.51. The molecule has 0 aromatic heterocycles. The van der Waals surface area contributed by atoms with E-state index in [-0.39, 0.29) is 6.42 Å². The van der Waals surface area contributed by atoms with Gasteiger partial charge < -0.3 is 38.8 Å². The fourth-order valence-electron chi connectivity index (χ4n) is 4.37. The lowest BCUT2D eigenvalue weighted by atomic mass is 9.85. The highest BCUT2D eigenvalue weighted by molar-refractivity contribution is 5.78. The summed E-state index contributed by atoms with van der Waals surface area (Å²) in [7, 11) is 1.06. The lowest BCUT2D eigenvalue weighted by Crippen LogP contribution is -2.71. The zero-order valence-corrected chi connectivity index (χ0v) is 21.0. The second-order valence-electron chi connectivity index (χ2n) is 8.53. The van der Waals surface area contributed by atoms with Gasteiger partial charge in [-0.25, -0.2) is 4.79 Å². The van der Waals surface area contributed by atoms with Crippen molar-refractivity contribution in [2.75, 3.05) is 40.0 Å². The highest BCUT2D eigenvalue weighted by Crippen LogP contribution is 2.35. The fourth-order valence-corrected chi connectivity index (χ4v) is 4.37. The molecule has 14 heteroatoms. The number of nitrogens with one attached hydrogen (secondary N) is 1. The van der Waals surface area contributed by atoms with Crippen molar-refractivity contribution in [2.45, 2.75) is 70.3 Å². The molecule has 0 unspecified atom stereocenters. The first-order valence-electron chi connectivity index (χ1n) is 11.4. The first kappa shape index (κ1) is 29.4. The predicted molar refractivity (Wildman–Crippen MR) is 118 cm³/mol. The average molecular weight is 519 g/mol. The smallest absolute Gasteiger partial charge is 0.366 e. The van der Waals surface area contributed by atoms with E-state index in [0.29, 0.717) is 26.3 Å². The van der Waals surface area contributed by atoms with E-state index in [0.717, 1.165) is 27.9 Å². The molecule has 0 aromatic rings. The summed E-state index contributed by atoms with van der Waals surface area (Å²) in [4.78, 5) is 62.2. The molecule has 2 heterocycles. The summed E-state index contributed by atoms with van der Waals surface area (Å²) in [6, 6.07) is -1.68. The van der Waals surface area contributed by atoms with Gasteiger partial charge in [-0.1, -0.05) is 0 Å². The summed E-state index contributed by atoms with van der Waals surface area (Å²) in [6.45, 7) is 5.59. The third-order valence-electron chi connectivity index (χ3n) is 5.73. The molecule has 2 aliphatic rings. The van der Waals surface area contributed by atoms with Crippen LogP contribution in [-0.4, -0.2) is 116 Å². The Morgan fingerprint density at radius 2 is 1.64 bits per heavy atom. The minimum atomic E-state index is -2.50. The van der Waals surface area contributed by atoms with E-state index in [2.05, 4.69) is 5.32 Å². The Morgan fingerprint density at radius 3 is 2.14 bits per heavy atom. The number of carbonyl (C=O) groups excluding carboxylic acids is 5. The quantitative estimate of drug-likeness (QED) is 0.260. The van der Waals surface area contributed by atoms with Gasteiger partial charge in [0.2, 0.25) is 5.91 Å². The summed E-state index contributed by atoms with van der Waals surface area (Å²) in [5.74, 6) is -6.39. The largest absolute Gasteiger partial charge is 0.465 e. The molecule has 1 amide bonds. The summed E-state index contributed by atoms with van der Waals surface area (Å²) in [5, 5.41) is 14.0. The van der Waals surface area contributed by atoms with Crippen molar-refractivity contribution in [1.29, 1.82) is 0 Å². The maximum Gasteiger partial charge on any atom is 0.366 e. The number of aliphatic hydroxyl groups is 1. The molecule has 36 heavy (non-hydrogen) atoms. The van der Waals surface area contributed by atoms with Crippen LogP contribution in [0.4, 0.5) is 0 Å². The molecule has 6 atom stereocenters. The summed E-state index contributed by atoms with van der Waals surface area (Å²) < 4.78 is 31.7. The van der Waals surface area contributed by atoms with E-state index in [1.54, 1.807) is 0 Å². The van der Waals surface area contributed by atoms with Gasteiger partial charge in [0, 0.05) is 53.2 Å². The average Bonchev–Trinajstić information content (AvgIpc) is 2.80. The van der Waals surface area contributed by atoms with Crippen LogP contribution in [0, 0.1) is 0 Å². The zero-order chi connectivity index (χ0) is 27.0. The number of methoxy groups -OCH3 is 1. The van der Waals surface area contributed by atoms with E-state index < -0.39 is 72.6 Å². The Bertz CT molecular complexity index is 830. The number of ether oxygens (including phenoxy) is 6. The van der Waals surface area contributed by atoms with Crippen LogP contribution in [-0.2, 0) is 52.4 Å². The van der Waals surface area contributed by atoms with Gasteiger partial charge >= 0.3 is 23.9 Å². The van der Waals surface area contributed by atoms with E-state index in [1.807, 2.05) is 4.90 Å².